The van der Waals surface area contributed by atoms with Crippen LogP contribution in [0.15, 0.2) is 17.7 Å². The molecule has 1 N–H and O–H groups in total. The predicted octanol–water partition coefficient (Wildman–Crippen LogP) is 2.80. The Bertz CT molecular complexity index is 390. The first kappa shape index (κ1) is 12.4. The summed E-state index contributed by atoms with van der Waals surface area (Å²) in [6.07, 6.45) is 7.57. The van der Waals surface area contributed by atoms with Crippen molar-refractivity contribution in [3.05, 3.63) is 29.1 Å². The van der Waals surface area contributed by atoms with Gasteiger partial charge in [-0.3, -0.25) is 4.68 Å². The van der Waals surface area contributed by atoms with E-state index in [1.165, 1.54) is 31.4 Å². The minimum absolute atomic E-state index is 0.932. The fourth-order valence-electron chi connectivity index (χ4n) is 2.45. The van der Waals surface area contributed by atoms with Crippen LogP contribution in [-0.4, -0.2) is 16.3 Å². The molecule has 0 fully saturated rings. The Morgan fingerprint density at radius 1 is 1.47 bits per heavy atom. The molecule has 0 atom stereocenters. The zero-order valence-corrected chi connectivity index (χ0v) is 11.0. The molecule has 0 radical (unpaired) electrons. The monoisotopic (exact) mass is 233 g/mol. The van der Waals surface area contributed by atoms with Gasteiger partial charge in [-0.15, -0.1) is 0 Å². The van der Waals surface area contributed by atoms with Gasteiger partial charge in [-0.1, -0.05) is 11.6 Å². The molecule has 0 bridgehead atoms. The normalized spacial score (nSPS) is 15.3. The summed E-state index contributed by atoms with van der Waals surface area (Å²) in [5, 5.41) is 7.97. The average molecular weight is 233 g/mol. The number of aryl methyl sites for hydroxylation is 2. The summed E-state index contributed by atoms with van der Waals surface area (Å²) < 4.78 is 2.08. The Kier molecular flexibility index (Phi) is 4.37. The van der Waals surface area contributed by atoms with E-state index in [2.05, 4.69) is 41.1 Å². The average Bonchev–Trinajstić information content (AvgIpc) is 2.93. The van der Waals surface area contributed by atoms with E-state index in [4.69, 9.17) is 0 Å². The van der Waals surface area contributed by atoms with Crippen molar-refractivity contribution in [1.82, 2.24) is 15.1 Å². The molecule has 94 valence electrons. The van der Waals surface area contributed by atoms with E-state index in [9.17, 15) is 0 Å². The zero-order chi connectivity index (χ0) is 12.1. The molecule has 0 spiro atoms. The Morgan fingerprint density at radius 3 is 3.06 bits per heavy atom. The van der Waals surface area contributed by atoms with Gasteiger partial charge in [0.05, 0.1) is 11.4 Å². The molecule has 1 aliphatic carbocycles. The molecule has 0 saturated heterocycles. The Labute approximate surface area is 104 Å². The van der Waals surface area contributed by atoms with Gasteiger partial charge >= 0.3 is 0 Å². The van der Waals surface area contributed by atoms with Crippen molar-refractivity contribution in [3.8, 4) is 0 Å². The topological polar surface area (TPSA) is 29.9 Å². The van der Waals surface area contributed by atoms with E-state index in [0.29, 0.717) is 0 Å². The van der Waals surface area contributed by atoms with Crippen LogP contribution < -0.4 is 5.32 Å². The molecule has 0 saturated carbocycles. The molecule has 1 aromatic heterocycles. The summed E-state index contributed by atoms with van der Waals surface area (Å²) in [5.74, 6) is 0. The van der Waals surface area contributed by atoms with Crippen molar-refractivity contribution >= 4 is 0 Å². The highest BCUT2D eigenvalue weighted by Crippen LogP contribution is 2.19. The molecular weight excluding hydrogens is 210 g/mol. The second-order valence-corrected chi connectivity index (χ2v) is 4.77. The Hall–Kier alpha value is -1.09. The predicted molar refractivity (Wildman–Crippen MR) is 70.9 cm³/mol. The molecule has 3 nitrogen and oxygen atoms in total. The van der Waals surface area contributed by atoms with E-state index in [1.807, 2.05) is 0 Å². The van der Waals surface area contributed by atoms with Crippen LogP contribution in [0.1, 0.15) is 44.0 Å². The van der Waals surface area contributed by atoms with Gasteiger partial charge in [-0.2, -0.15) is 5.10 Å². The van der Waals surface area contributed by atoms with Gasteiger partial charge < -0.3 is 5.32 Å². The summed E-state index contributed by atoms with van der Waals surface area (Å²) in [7, 11) is 0. The van der Waals surface area contributed by atoms with Crippen LogP contribution in [0.2, 0.25) is 0 Å². The number of hydrogen-bond donors (Lipinski definition) is 1. The zero-order valence-electron chi connectivity index (χ0n) is 11.0. The van der Waals surface area contributed by atoms with Crippen LogP contribution in [0, 0.1) is 6.92 Å². The molecular formula is C14H23N3. The van der Waals surface area contributed by atoms with Crippen LogP contribution in [-0.2, 0) is 13.1 Å². The fourth-order valence-corrected chi connectivity index (χ4v) is 2.45. The molecule has 3 heteroatoms. The van der Waals surface area contributed by atoms with Gasteiger partial charge in [-0.25, -0.2) is 0 Å². The first-order chi connectivity index (χ1) is 8.29. The largest absolute Gasteiger partial charge is 0.311 e. The van der Waals surface area contributed by atoms with Crippen LogP contribution in [0.25, 0.3) is 0 Å². The third-order valence-corrected chi connectivity index (χ3v) is 3.35. The van der Waals surface area contributed by atoms with Crippen molar-refractivity contribution in [2.75, 3.05) is 6.54 Å². The van der Waals surface area contributed by atoms with Gasteiger partial charge in [0.15, 0.2) is 0 Å². The lowest BCUT2D eigenvalue weighted by molar-refractivity contribution is 0.578. The number of allylic oxidation sites excluding steroid dienone is 1. The summed E-state index contributed by atoms with van der Waals surface area (Å²) >= 11 is 0. The molecule has 0 amide bonds. The van der Waals surface area contributed by atoms with Crippen molar-refractivity contribution in [2.45, 2.75) is 52.6 Å². The summed E-state index contributed by atoms with van der Waals surface area (Å²) in [6.45, 7) is 7.16. The van der Waals surface area contributed by atoms with Gasteiger partial charge in [0.2, 0.25) is 0 Å². The minimum atomic E-state index is 0.932. The maximum Gasteiger partial charge on any atom is 0.0597 e. The number of nitrogens with one attached hydrogen (secondary N) is 1. The van der Waals surface area contributed by atoms with Gasteiger partial charge in [0.25, 0.3) is 0 Å². The standard InChI is InChI=1S/C14H23N3/c1-3-17-14(10-12(2)16-17)11-15-9-8-13-6-4-5-7-13/h6,10,15H,3-5,7-9,11H2,1-2H3. The molecule has 1 aliphatic rings. The highest BCUT2D eigenvalue weighted by Gasteiger charge is 2.05. The van der Waals surface area contributed by atoms with Crippen LogP contribution in [0.4, 0.5) is 0 Å². The maximum absolute atomic E-state index is 4.45. The first-order valence-electron chi connectivity index (χ1n) is 6.71. The second-order valence-electron chi connectivity index (χ2n) is 4.77. The molecule has 2 rings (SSSR count). The smallest absolute Gasteiger partial charge is 0.0597 e. The van der Waals surface area contributed by atoms with Crippen molar-refractivity contribution in [1.29, 1.82) is 0 Å². The lowest BCUT2D eigenvalue weighted by Crippen LogP contribution is -2.18. The van der Waals surface area contributed by atoms with Gasteiger partial charge in [0, 0.05) is 13.1 Å². The van der Waals surface area contributed by atoms with E-state index >= 15 is 0 Å². The van der Waals surface area contributed by atoms with Crippen LogP contribution in [0.5, 0.6) is 0 Å². The number of rotatable bonds is 6. The quantitative estimate of drug-likeness (QED) is 0.605. The van der Waals surface area contributed by atoms with E-state index in [0.717, 1.165) is 25.3 Å². The fraction of sp³-hybridized carbons (Fsp3) is 0.643. The van der Waals surface area contributed by atoms with Gasteiger partial charge in [0.1, 0.15) is 0 Å². The van der Waals surface area contributed by atoms with Crippen molar-refractivity contribution in [2.24, 2.45) is 0 Å². The van der Waals surface area contributed by atoms with Crippen LogP contribution >= 0.6 is 0 Å². The minimum Gasteiger partial charge on any atom is -0.311 e. The summed E-state index contributed by atoms with van der Waals surface area (Å²) in [4.78, 5) is 0. The second kappa shape index (κ2) is 6.01. The number of aromatic nitrogens is 2. The summed E-state index contributed by atoms with van der Waals surface area (Å²) in [5.41, 5.74) is 4.05. The molecule has 0 aromatic carbocycles. The number of nitrogens with zero attached hydrogens (tertiary/aromatic N) is 2. The first-order valence-corrected chi connectivity index (χ1v) is 6.71. The number of hydrogen-bond acceptors (Lipinski definition) is 2. The molecule has 1 heterocycles. The molecule has 0 aliphatic heterocycles. The third-order valence-electron chi connectivity index (χ3n) is 3.35. The van der Waals surface area contributed by atoms with E-state index in [1.54, 1.807) is 5.57 Å². The maximum atomic E-state index is 4.45. The third kappa shape index (κ3) is 3.43. The Morgan fingerprint density at radius 2 is 2.35 bits per heavy atom. The molecule has 1 aromatic rings. The molecule has 0 unspecified atom stereocenters. The van der Waals surface area contributed by atoms with Crippen molar-refractivity contribution in [3.63, 3.8) is 0 Å². The van der Waals surface area contributed by atoms with Gasteiger partial charge in [-0.05, 0) is 52.1 Å². The highest BCUT2D eigenvalue weighted by molar-refractivity contribution is 5.09. The van der Waals surface area contributed by atoms with Crippen LogP contribution in [0.3, 0.4) is 0 Å². The highest BCUT2D eigenvalue weighted by atomic mass is 15.3. The molecule has 17 heavy (non-hydrogen) atoms. The lowest BCUT2D eigenvalue weighted by Gasteiger charge is -2.07. The van der Waals surface area contributed by atoms with Crippen molar-refractivity contribution < 1.29 is 0 Å². The van der Waals surface area contributed by atoms with E-state index < -0.39 is 0 Å². The van der Waals surface area contributed by atoms with E-state index in [-0.39, 0.29) is 0 Å². The lowest BCUT2D eigenvalue weighted by atomic mass is 10.2. The summed E-state index contributed by atoms with van der Waals surface area (Å²) in [6, 6.07) is 2.17. The SMILES string of the molecule is CCn1nc(C)cc1CNCCC1=CCCC1. The Balaban J connectivity index is 1.73.